The monoisotopic (exact) mass is 328 g/mol. The average molecular weight is 328 g/mol. The first-order chi connectivity index (χ1) is 11.1. The molecule has 0 radical (unpaired) electrons. The summed E-state index contributed by atoms with van der Waals surface area (Å²) < 4.78 is 0. The minimum absolute atomic E-state index is 0.0119. The summed E-state index contributed by atoms with van der Waals surface area (Å²) in [7, 11) is 0. The number of pyridine rings is 1. The molecule has 0 spiro atoms. The van der Waals surface area contributed by atoms with E-state index in [4.69, 9.17) is 0 Å². The van der Waals surface area contributed by atoms with Crippen LogP contribution in [0.1, 0.15) is 41.8 Å². The van der Waals surface area contributed by atoms with Gasteiger partial charge in [-0.15, -0.1) is 11.8 Å². The molecule has 3 nitrogen and oxygen atoms in total. The molecule has 0 aliphatic carbocycles. The third-order valence-corrected chi connectivity index (χ3v) is 4.77. The lowest BCUT2D eigenvalue weighted by Crippen LogP contribution is -2.30. The van der Waals surface area contributed by atoms with E-state index in [1.54, 1.807) is 11.8 Å². The molecular weight excluding hydrogens is 304 g/mol. The Kier molecular flexibility index (Phi) is 6.66. The Morgan fingerprint density at radius 1 is 1.22 bits per heavy atom. The lowest BCUT2D eigenvalue weighted by Gasteiger charge is -2.16. The highest BCUT2D eigenvalue weighted by molar-refractivity contribution is 7.99. The lowest BCUT2D eigenvalue weighted by atomic mass is 10.1. The van der Waals surface area contributed by atoms with Crippen molar-refractivity contribution >= 4 is 17.7 Å². The van der Waals surface area contributed by atoms with Gasteiger partial charge in [0.2, 0.25) is 5.91 Å². The van der Waals surface area contributed by atoms with Gasteiger partial charge in [-0.05, 0) is 43.0 Å². The van der Waals surface area contributed by atoms with Gasteiger partial charge in [0.1, 0.15) is 0 Å². The van der Waals surface area contributed by atoms with E-state index in [2.05, 4.69) is 36.3 Å². The van der Waals surface area contributed by atoms with E-state index in [1.165, 1.54) is 11.1 Å². The van der Waals surface area contributed by atoms with Crippen LogP contribution >= 0.6 is 11.8 Å². The zero-order valence-corrected chi connectivity index (χ0v) is 14.8. The van der Waals surface area contributed by atoms with Crippen molar-refractivity contribution in [3.63, 3.8) is 0 Å². The molecule has 1 N–H and O–H groups in total. The lowest BCUT2D eigenvalue weighted by molar-refractivity contribution is -0.119. The van der Waals surface area contributed by atoms with E-state index in [-0.39, 0.29) is 11.9 Å². The molecular formula is C19H24N2OS. The first-order valence-electron chi connectivity index (χ1n) is 7.94. The fraction of sp³-hybridized carbons (Fsp3) is 0.368. The molecule has 1 aromatic carbocycles. The molecule has 1 unspecified atom stereocenters. The molecule has 2 aromatic rings. The molecule has 0 saturated heterocycles. The van der Waals surface area contributed by atoms with Crippen molar-refractivity contribution in [1.29, 1.82) is 0 Å². The molecule has 0 fully saturated rings. The maximum atomic E-state index is 12.2. The third-order valence-electron chi connectivity index (χ3n) is 3.79. The molecule has 0 aliphatic heterocycles. The van der Waals surface area contributed by atoms with Gasteiger partial charge in [0.05, 0.1) is 17.5 Å². The number of amides is 1. The van der Waals surface area contributed by atoms with Crippen molar-refractivity contribution in [3.8, 4) is 0 Å². The summed E-state index contributed by atoms with van der Waals surface area (Å²) in [6, 6.07) is 12.3. The summed E-state index contributed by atoms with van der Waals surface area (Å²) in [4.78, 5) is 16.6. The third kappa shape index (κ3) is 5.39. The fourth-order valence-electron chi connectivity index (χ4n) is 2.33. The van der Waals surface area contributed by atoms with Gasteiger partial charge in [-0.25, -0.2) is 0 Å². The van der Waals surface area contributed by atoms with Crippen LogP contribution in [0.2, 0.25) is 0 Å². The molecule has 4 heteroatoms. The van der Waals surface area contributed by atoms with E-state index in [0.717, 1.165) is 23.4 Å². The van der Waals surface area contributed by atoms with Gasteiger partial charge in [-0.2, -0.15) is 0 Å². The van der Waals surface area contributed by atoms with Gasteiger partial charge in [0.15, 0.2) is 0 Å². The molecule has 0 saturated carbocycles. The molecule has 1 atom stereocenters. The number of benzene rings is 1. The molecule has 1 amide bonds. The topological polar surface area (TPSA) is 42.0 Å². The highest BCUT2D eigenvalue weighted by Crippen LogP contribution is 2.17. The maximum absolute atomic E-state index is 12.2. The van der Waals surface area contributed by atoms with Gasteiger partial charge < -0.3 is 5.32 Å². The first kappa shape index (κ1) is 17.5. The Balaban J connectivity index is 1.83. The zero-order valence-electron chi connectivity index (χ0n) is 14.0. The molecule has 23 heavy (non-hydrogen) atoms. The Bertz CT molecular complexity index is 640. The number of nitrogens with zero attached hydrogens (tertiary/aromatic N) is 1. The second kappa shape index (κ2) is 8.73. The number of carbonyl (C=O) groups is 1. The van der Waals surface area contributed by atoms with E-state index >= 15 is 0 Å². The van der Waals surface area contributed by atoms with Crippen molar-refractivity contribution in [2.75, 3.05) is 5.75 Å². The summed E-state index contributed by atoms with van der Waals surface area (Å²) in [5.74, 6) is 1.40. The molecule has 0 aliphatic rings. The van der Waals surface area contributed by atoms with Gasteiger partial charge in [0.25, 0.3) is 0 Å². The smallest absolute Gasteiger partial charge is 0.230 e. The van der Waals surface area contributed by atoms with Crippen LogP contribution in [0.5, 0.6) is 0 Å². The van der Waals surface area contributed by atoms with Gasteiger partial charge >= 0.3 is 0 Å². The Hall–Kier alpha value is -1.81. The number of carbonyl (C=O) groups excluding carboxylic acids is 1. The predicted octanol–water partition coefficient (Wildman–Crippen LogP) is 4.20. The summed E-state index contributed by atoms with van der Waals surface area (Å²) >= 11 is 1.65. The SMILES string of the molecule is CCC(NC(=O)CSCc1ccccc1C)c1ccc(C)cn1. The van der Waals surface area contributed by atoms with E-state index in [1.807, 2.05) is 37.4 Å². The predicted molar refractivity (Wildman–Crippen MR) is 97.5 cm³/mol. The quantitative estimate of drug-likeness (QED) is 0.828. The summed E-state index contributed by atoms with van der Waals surface area (Å²) in [5, 5.41) is 3.08. The molecule has 1 aromatic heterocycles. The Morgan fingerprint density at radius 3 is 2.65 bits per heavy atom. The fourth-order valence-corrected chi connectivity index (χ4v) is 3.25. The van der Waals surface area contributed by atoms with Crippen LogP contribution in [0.3, 0.4) is 0 Å². The van der Waals surface area contributed by atoms with Crippen LogP contribution in [-0.2, 0) is 10.5 Å². The van der Waals surface area contributed by atoms with Crippen molar-refractivity contribution in [2.45, 2.75) is 39.0 Å². The molecule has 2 rings (SSSR count). The number of hydrogen-bond donors (Lipinski definition) is 1. The highest BCUT2D eigenvalue weighted by Gasteiger charge is 2.13. The average Bonchev–Trinajstić information content (AvgIpc) is 2.55. The Morgan fingerprint density at radius 2 is 2.00 bits per heavy atom. The van der Waals surface area contributed by atoms with Gasteiger partial charge in [-0.1, -0.05) is 37.3 Å². The number of aryl methyl sites for hydroxylation is 2. The van der Waals surface area contributed by atoms with Crippen LogP contribution in [0, 0.1) is 13.8 Å². The van der Waals surface area contributed by atoms with Crippen LogP contribution in [0.25, 0.3) is 0 Å². The molecule has 1 heterocycles. The number of hydrogen-bond acceptors (Lipinski definition) is 3. The minimum Gasteiger partial charge on any atom is -0.347 e. The first-order valence-corrected chi connectivity index (χ1v) is 9.09. The normalized spacial score (nSPS) is 12.0. The number of nitrogens with one attached hydrogen (secondary N) is 1. The van der Waals surface area contributed by atoms with Crippen molar-refractivity contribution in [2.24, 2.45) is 0 Å². The van der Waals surface area contributed by atoms with Crippen LogP contribution in [0.4, 0.5) is 0 Å². The highest BCUT2D eigenvalue weighted by atomic mass is 32.2. The number of thioether (sulfide) groups is 1. The molecule has 122 valence electrons. The number of rotatable bonds is 7. The second-order valence-corrected chi connectivity index (χ2v) is 6.69. The summed E-state index contributed by atoms with van der Waals surface area (Å²) in [5.41, 5.74) is 4.62. The van der Waals surface area contributed by atoms with E-state index in [0.29, 0.717) is 5.75 Å². The summed E-state index contributed by atoms with van der Waals surface area (Å²) in [6.45, 7) is 6.18. The standard InChI is InChI=1S/C19H24N2OS/c1-4-17(18-10-9-14(2)11-20-18)21-19(22)13-23-12-16-8-6-5-7-15(16)3/h5-11,17H,4,12-13H2,1-3H3,(H,21,22). The minimum atomic E-state index is -0.0119. The largest absolute Gasteiger partial charge is 0.347 e. The Labute approximate surface area is 142 Å². The van der Waals surface area contributed by atoms with Crippen LogP contribution in [0.15, 0.2) is 42.6 Å². The van der Waals surface area contributed by atoms with Crippen molar-refractivity contribution in [1.82, 2.24) is 10.3 Å². The maximum Gasteiger partial charge on any atom is 0.230 e. The zero-order chi connectivity index (χ0) is 16.7. The summed E-state index contributed by atoms with van der Waals surface area (Å²) in [6.07, 6.45) is 2.68. The van der Waals surface area contributed by atoms with Crippen LogP contribution in [-0.4, -0.2) is 16.6 Å². The second-order valence-electron chi connectivity index (χ2n) is 5.71. The van der Waals surface area contributed by atoms with Gasteiger partial charge in [-0.3, -0.25) is 9.78 Å². The van der Waals surface area contributed by atoms with E-state index < -0.39 is 0 Å². The van der Waals surface area contributed by atoms with Crippen LogP contribution < -0.4 is 5.32 Å². The van der Waals surface area contributed by atoms with Gasteiger partial charge in [0, 0.05) is 11.9 Å². The van der Waals surface area contributed by atoms with Crippen molar-refractivity contribution in [3.05, 3.63) is 65.0 Å². The van der Waals surface area contributed by atoms with Crippen molar-refractivity contribution < 1.29 is 4.79 Å². The van der Waals surface area contributed by atoms with E-state index in [9.17, 15) is 4.79 Å². The molecule has 0 bridgehead atoms. The number of aromatic nitrogens is 1.